The number of nitrogens with two attached hydrogens (primary N) is 2. The Morgan fingerprint density at radius 2 is 1.55 bits per heavy atom. The van der Waals surface area contributed by atoms with Crippen LogP contribution in [-0.2, 0) is 0 Å². The van der Waals surface area contributed by atoms with Crippen LogP contribution in [0.25, 0.3) is 0 Å². The average Bonchev–Trinajstić information content (AvgIpc) is 1.97. The van der Waals surface area contributed by atoms with Crippen LogP contribution < -0.4 is 11.5 Å². The summed E-state index contributed by atoms with van der Waals surface area (Å²) in [5, 5.41) is 27.5. The predicted octanol–water partition coefficient (Wildman–Crippen LogP) is -2.87. The van der Waals surface area contributed by atoms with Gasteiger partial charge < -0.3 is 26.8 Å². The summed E-state index contributed by atoms with van der Waals surface area (Å²) in [5.74, 6) is 0. The Morgan fingerprint density at radius 3 is 2.09 bits per heavy atom. The maximum absolute atomic E-state index is 9.21. The van der Waals surface area contributed by atoms with Crippen molar-refractivity contribution in [1.82, 2.24) is 0 Å². The van der Waals surface area contributed by atoms with Crippen LogP contribution in [0.15, 0.2) is 0 Å². The minimum atomic E-state index is -1.07. The van der Waals surface area contributed by atoms with Gasteiger partial charge in [0.25, 0.3) is 0 Å². The number of rotatable bonds is 0. The second kappa shape index (κ2) is 3.04. The van der Waals surface area contributed by atoms with Crippen molar-refractivity contribution < 1.29 is 15.3 Å². The smallest absolute Gasteiger partial charge is 0.0975 e. The van der Waals surface area contributed by atoms with Crippen LogP contribution in [0.2, 0.25) is 0 Å². The Morgan fingerprint density at radius 1 is 1.00 bits per heavy atom. The zero-order valence-electron chi connectivity index (χ0n) is 6.09. The minimum Gasteiger partial charge on any atom is -0.390 e. The summed E-state index contributed by atoms with van der Waals surface area (Å²) >= 11 is 0. The first-order valence-electron chi connectivity index (χ1n) is 3.59. The molecule has 11 heavy (non-hydrogen) atoms. The van der Waals surface area contributed by atoms with E-state index in [2.05, 4.69) is 0 Å². The highest BCUT2D eigenvalue weighted by atomic mass is 16.3. The normalized spacial score (nSPS) is 52.6. The maximum Gasteiger partial charge on any atom is 0.0975 e. The van der Waals surface area contributed by atoms with Crippen LogP contribution in [0.1, 0.15) is 6.42 Å². The Hall–Kier alpha value is -0.200. The molecule has 0 heterocycles. The van der Waals surface area contributed by atoms with Crippen LogP contribution in [0.3, 0.4) is 0 Å². The van der Waals surface area contributed by atoms with Crippen molar-refractivity contribution in [3.63, 3.8) is 0 Å². The largest absolute Gasteiger partial charge is 0.390 e. The van der Waals surface area contributed by atoms with Gasteiger partial charge in [-0.25, -0.2) is 0 Å². The number of aliphatic hydroxyl groups excluding tert-OH is 3. The lowest BCUT2D eigenvalue weighted by Crippen LogP contribution is -2.62. The molecule has 0 aromatic heterocycles. The molecule has 1 saturated carbocycles. The Balaban J connectivity index is 2.63. The van der Waals surface area contributed by atoms with Gasteiger partial charge in [0.05, 0.1) is 24.4 Å². The third-order valence-electron chi connectivity index (χ3n) is 2.14. The summed E-state index contributed by atoms with van der Waals surface area (Å²) in [4.78, 5) is 0. The van der Waals surface area contributed by atoms with Crippen molar-refractivity contribution >= 4 is 0 Å². The van der Waals surface area contributed by atoms with Crippen LogP contribution >= 0.6 is 0 Å². The van der Waals surface area contributed by atoms with Crippen molar-refractivity contribution in [2.24, 2.45) is 11.5 Å². The summed E-state index contributed by atoms with van der Waals surface area (Å²) in [6, 6.07) is -1.38. The molecule has 1 rings (SSSR count). The van der Waals surface area contributed by atoms with Gasteiger partial charge in [-0.05, 0) is 6.42 Å². The van der Waals surface area contributed by atoms with Gasteiger partial charge in [-0.3, -0.25) is 0 Å². The summed E-state index contributed by atoms with van der Waals surface area (Å²) in [5.41, 5.74) is 10.8. The van der Waals surface area contributed by atoms with E-state index in [0.29, 0.717) is 0 Å². The van der Waals surface area contributed by atoms with Crippen LogP contribution in [-0.4, -0.2) is 45.7 Å². The topological polar surface area (TPSA) is 113 Å². The van der Waals surface area contributed by atoms with E-state index < -0.39 is 30.4 Å². The highest BCUT2D eigenvalue weighted by Gasteiger charge is 2.38. The van der Waals surface area contributed by atoms with Crippen molar-refractivity contribution in [2.75, 3.05) is 0 Å². The second-order valence-electron chi connectivity index (χ2n) is 3.03. The van der Waals surface area contributed by atoms with Crippen LogP contribution in [0, 0.1) is 0 Å². The van der Waals surface area contributed by atoms with E-state index in [1.165, 1.54) is 0 Å². The molecule has 5 unspecified atom stereocenters. The van der Waals surface area contributed by atoms with Gasteiger partial charge in [0, 0.05) is 6.04 Å². The first-order valence-corrected chi connectivity index (χ1v) is 3.59. The van der Waals surface area contributed by atoms with E-state index in [1.807, 2.05) is 0 Å². The SMILES string of the molecule is NC1CC(O)C(O)C(N)C1O. The van der Waals surface area contributed by atoms with Crippen molar-refractivity contribution in [1.29, 1.82) is 0 Å². The quantitative estimate of drug-likeness (QED) is 0.263. The summed E-state index contributed by atoms with van der Waals surface area (Å²) in [6.07, 6.45) is -2.71. The molecule has 0 amide bonds. The molecule has 5 nitrogen and oxygen atoms in total. The van der Waals surface area contributed by atoms with Gasteiger partial charge in [0.15, 0.2) is 0 Å². The molecule has 0 aromatic rings. The van der Waals surface area contributed by atoms with Gasteiger partial charge >= 0.3 is 0 Å². The summed E-state index contributed by atoms with van der Waals surface area (Å²) in [7, 11) is 0. The molecule has 0 bridgehead atoms. The van der Waals surface area contributed by atoms with E-state index in [4.69, 9.17) is 21.7 Å². The molecule has 7 N–H and O–H groups in total. The molecule has 0 radical (unpaired) electrons. The van der Waals surface area contributed by atoms with Crippen molar-refractivity contribution in [3.8, 4) is 0 Å². The van der Waals surface area contributed by atoms with Gasteiger partial charge in [0.2, 0.25) is 0 Å². The Kier molecular flexibility index (Phi) is 2.46. The van der Waals surface area contributed by atoms with E-state index in [1.54, 1.807) is 0 Å². The monoisotopic (exact) mass is 162 g/mol. The predicted molar refractivity (Wildman–Crippen MR) is 38.6 cm³/mol. The fourth-order valence-electron chi connectivity index (χ4n) is 1.30. The molecule has 5 heteroatoms. The summed E-state index contributed by atoms with van der Waals surface area (Å²) in [6.45, 7) is 0. The third kappa shape index (κ3) is 1.52. The number of hydrogen-bond acceptors (Lipinski definition) is 5. The first-order chi connectivity index (χ1) is 5.04. The Bertz CT molecular complexity index is 130. The molecule has 0 aliphatic heterocycles. The van der Waals surface area contributed by atoms with Gasteiger partial charge in [-0.15, -0.1) is 0 Å². The zero-order valence-corrected chi connectivity index (χ0v) is 6.09. The molecule has 66 valence electrons. The number of aliphatic hydroxyl groups is 3. The van der Waals surface area contributed by atoms with E-state index in [9.17, 15) is 5.11 Å². The molecule has 1 fully saturated rings. The molecular formula is C6H14N2O3. The third-order valence-corrected chi connectivity index (χ3v) is 2.14. The Labute approximate surface area is 64.6 Å². The molecular weight excluding hydrogens is 148 g/mol. The molecule has 0 aromatic carbocycles. The van der Waals surface area contributed by atoms with E-state index in [0.717, 1.165) is 0 Å². The standard InChI is InChI=1S/C6H14N2O3/c7-2-1-3(9)6(11)4(8)5(2)10/h2-6,9-11H,1,7-8H2. The highest BCUT2D eigenvalue weighted by molar-refractivity contribution is 4.96. The molecule has 5 atom stereocenters. The minimum absolute atomic E-state index is 0.191. The molecule has 0 spiro atoms. The fraction of sp³-hybridized carbons (Fsp3) is 1.00. The van der Waals surface area contributed by atoms with Gasteiger partial charge in [-0.2, -0.15) is 0 Å². The lowest BCUT2D eigenvalue weighted by Gasteiger charge is -2.37. The lowest BCUT2D eigenvalue weighted by molar-refractivity contribution is -0.0731. The first kappa shape index (κ1) is 8.89. The maximum atomic E-state index is 9.21. The zero-order chi connectivity index (χ0) is 8.59. The molecule has 0 saturated heterocycles. The second-order valence-corrected chi connectivity index (χ2v) is 3.03. The van der Waals surface area contributed by atoms with Gasteiger partial charge in [0.1, 0.15) is 0 Å². The van der Waals surface area contributed by atoms with Crippen LogP contribution in [0.4, 0.5) is 0 Å². The van der Waals surface area contributed by atoms with Gasteiger partial charge in [-0.1, -0.05) is 0 Å². The van der Waals surface area contributed by atoms with Crippen molar-refractivity contribution in [3.05, 3.63) is 0 Å². The molecule has 1 aliphatic rings. The average molecular weight is 162 g/mol. The summed E-state index contributed by atoms with van der Waals surface area (Å²) < 4.78 is 0. The van der Waals surface area contributed by atoms with E-state index >= 15 is 0 Å². The molecule has 1 aliphatic carbocycles. The van der Waals surface area contributed by atoms with E-state index in [-0.39, 0.29) is 6.42 Å². The lowest BCUT2D eigenvalue weighted by atomic mass is 9.85. The van der Waals surface area contributed by atoms with Crippen LogP contribution in [0.5, 0.6) is 0 Å². The van der Waals surface area contributed by atoms with Crippen molar-refractivity contribution in [2.45, 2.75) is 36.8 Å². The fourth-order valence-corrected chi connectivity index (χ4v) is 1.30. The highest BCUT2D eigenvalue weighted by Crippen LogP contribution is 2.17. The number of hydrogen-bond donors (Lipinski definition) is 5.